The van der Waals surface area contributed by atoms with Gasteiger partial charge in [0.05, 0.1) is 30.4 Å². The second kappa shape index (κ2) is 6.65. The zero-order valence-corrected chi connectivity index (χ0v) is 12.4. The summed E-state index contributed by atoms with van der Waals surface area (Å²) in [4.78, 5) is 7.59. The number of rotatable bonds is 6. The maximum absolute atomic E-state index is 13.5. The Bertz CT molecular complexity index is 752. The van der Waals surface area contributed by atoms with E-state index in [1.807, 2.05) is 0 Å². The number of hydrogen-bond donors (Lipinski definition) is 1. The molecule has 0 radical (unpaired) electrons. The van der Waals surface area contributed by atoms with E-state index in [-0.39, 0.29) is 17.3 Å². The number of aromatic nitrogens is 2. The van der Waals surface area contributed by atoms with Gasteiger partial charge in [0.15, 0.2) is 0 Å². The van der Waals surface area contributed by atoms with Gasteiger partial charge in [0, 0.05) is 5.56 Å². The van der Waals surface area contributed by atoms with Crippen LogP contribution in [0.5, 0.6) is 6.01 Å². The van der Waals surface area contributed by atoms with Crippen LogP contribution < -0.4 is 9.46 Å². The highest BCUT2D eigenvalue weighted by atomic mass is 32.2. The highest BCUT2D eigenvalue weighted by molar-refractivity contribution is 7.91. The lowest BCUT2D eigenvalue weighted by atomic mass is 10.2. The summed E-state index contributed by atoms with van der Waals surface area (Å²) in [7, 11) is -3.93. The third-order valence-corrected chi connectivity index (χ3v) is 3.77. The fraction of sp³-hybridized carbons (Fsp3) is 0.231. The van der Waals surface area contributed by atoms with Crippen LogP contribution in [0, 0.1) is 11.6 Å². The summed E-state index contributed by atoms with van der Waals surface area (Å²) in [5.74, 6) is -2.21. The van der Waals surface area contributed by atoms with E-state index in [0.29, 0.717) is 6.61 Å². The Labute approximate surface area is 126 Å². The van der Waals surface area contributed by atoms with Gasteiger partial charge in [-0.25, -0.2) is 27.2 Å². The van der Waals surface area contributed by atoms with Gasteiger partial charge in [0.2, 0.25) is 10.0 Å². The third kappa shape index (κ3) is 4.35. The molecule has 1 aromatic carbocycles. The van der Waals surface area contributed by atoms with Gasteiger partial charge in [-0.1, -0.05) is 0 Å². The average molecular weight is 329 g/mol. The van der Waals surface area contributed by atoms with Crippen LogP contribution in [0.15, 0.2) is 30.6 Å². The Morgan fingerprint density at radius 3 is 2.55 bits per heavy atom. The van der Waals surface area contributed by atoms with Crippen molar-refractivity contribution in [1.29, 1.82) is 0 Å². The Kier molecular flexibility index (Phi) is 4.86. The van der Waals surface area contributed by atoms with E-state index in [0.717, 1.165) is 18.2 Å². The first-order valence-corrected chi connectivity index (χ1v) is 7.94. The highest BCUT2D eigenvalue weighted by Crippen LogP contribution is 2.16. The summed E-state index contributed by atoms with van der Waals surface area (Å²) >= 11 is 0. The first kappa shape index (κ1) is 16.1. The van der Waals surface area contributed by atoms with E-state index < -0.39 is 27.4 Å². The monoisotopic (exact) mass is 329 g/mol. The topological polar surface area (TPSA) is 81.2 Å². The number of nitrogens with one attached hydrogen (secondary N) is 1. The van der Waals surface area contributed by atoms with Crippen molar-refractivity contribution in [2.45, 2.75) is 12.7 Å². The van der Waals surface area contributed by atoms with Crippen LogP contribution in [0.1, 0.15) is 12.5 Å². The molecule has 1 N–H and O–H groups in total. The molecule has 0 aliphatic heterocycles. The van der Waals surface area contributed by atoms with Crippen molar-refractivity contribution in [3.63, 3.8) is 0 Å². The zero-order chi connectivity index (χ0) is 16.2. The largest absolute Gasteiger partial charge is 0.464 e. The van der Waals surface area contributed by atoms with Crippen molar-refractivity contribution in [1.82, 2.24) is 9.97 Å². The van der Waals surface area contributed by atoms with Crippen molar-refractivity contribution < 1.29 is 21.9 Å². The van der Waals surface area contributed by atoms with E-state index in [2.05, 4.69) is 14.7 Å². The van der Waals surface area contributed by atoms with Gasteiger partial charge in [-0.2, -0.15) is 0 Å². The van der Waals surface area contributed by atoms with Crippen molar-refractivity contribution in [3.05, 3.63) is 47.8 Å². The number of anilines is 1. The summed E-state index contributed by atoms with van der Waals surface area (Å²) in [6, 6.07) is 2.74. The normalized spacial score (nSPS) is 11.2. The molecule has 9 heteroatoms. The number of halogens is 2. The summed E-state index contributed by atoms with van der Waals surface area (Å²) in [6.45, 7) is 2.14. The number of benzene rings is 1. The molecule has 0 aliphatic carbocycles. The average Bonchev–Trinajstić information content (AvgIpc) is 2.45. The summed E-state index contributed by atoms with van der Waals surface area (Å²) in [5.41, 5.74) is -0.167. The molecule has 0 aliphatic rings. The fourth-order valence-electron chi connectivity index (χ4n) is 1.65. The summed E-state index contributed by atoms with van der Waals surface area (Å²) < 4.78 is 57.6. The van der Waals surface area contributed by atoms with Gasteiger partial charge in [-0.15, -0.1) is 0 Å². The molecule has 2 rings (SSSR count). The molecular weight excluding hydrogens is 316 g/mol. The van der Waals surface area contributed by atoms with Gasteiger partial charge < -0.3 is 4.74 Å². The van der Waals surface area contributed by atoms with E-state index in [1.54, 1.807) is 6.92 Å². The van der Waals surface area contributed by atoms with Crippen molar-refractivity contribution >= 4 is 15.7 Å². The predicted molar refractivity (Wildman–Crippen MR) is 75.8 cm³/mol. The standard InChI is InChI=1S/C13H13F2N3O3S/c1-2-21-13-16-6-11(7-17-13)18-22(19,20)8-9-5-10(14)3-4-12(9)15/h3-7,18H,2,8H2,1H3. The van der Waals surface area contributed by atoms with Crippen molar-refractivity contribution in [2.75, 3.05) is 11.3 Å². The predicted octanol–water partition coefficient (Wildman–Crippen LogP) is 2.10. The summed E-state index contributed by atoms with van der Waals surface area (Å²) in [6.07, 6.45) is 2.44. The minimum atomic E-state index is -3.93. The van der Waals surface area contributed by atoms with Crippen LogP contribution in [0.25, 0.3) is 0 Å². The molecule has 0 unspecified atom stereocenters. The smallest absolute Gasteiger partial charge is 0.316 e. The van der Waals surface area contributed by atoms with Crippen LogP contribution in [-0.2, 0) is 15.8 Å². The maximum Gasteiger partial charge on any atom is 0.316 e. The minimum Gasteiger partial charge on any atom is -0.464 e. The fourth-order valence-corrected chi connectivity index (χ4v) is 2.81. The molecular formula is C13H13F2N3O3S. The Morgan fingerprint density at radius 2 is 1.91 bits per heavy atom. The molecule has 1 aromatic heterocycles. The lowest BCUT2D eigenvalue weighted by Crippen LogP contribution is -2.16. The molecule has 0 amide bonds. The van der Waals surface area contributed by atoms with Gasteiger partial charge >= 0.3 is 6.01 Å². The van der Waals surface area contributed by atoms with E-state index in [9.17, 15) is 17.2 Å². The Balaban J connectivity index is 2.12. The molecule has 118 valence electrons. The minimum absolute atomic E-state index is 0.0975. The molecule has 0 saturated carbocycles. The number of ether oxygens (including phenoxy) is 1. The van der Waals surface area contributed by atoms with Gasteiger partial charge in [-0.3, -0.25) is 4.72 Å². The van der Waals surface area contributed by atoms with E-state index in [4.69, 9.17) is 4.74 Å². The Morgan fingerprint density at radius 1 is 1.23 bits per heavy atom. The van der Waals surface area contributed by atoms with Crippen LogP contribution >= 0.6 is 0 Å². The Hall–Kier alpha value is -2.29. The molecule has 0 bridgehead atoms. The van der Waals surface area contributed by atoms with Crippen LogP contribution in [0.3, 0.4) is 0 Å². The van der Waals surface area contributed by atoms with Gasteiger partial charge in [0.1, 0.15) is 11.6 Å². The van der Waals surface area contributed by atoms with Crippen molar-refractivity contribution in [3.8, 4) is 6.01 Å². The number of sulfonamides is 1. The summed E-state index contributed by atoms with van der Waals surface area (Å²) in [5, 5.41) is 0. The number of hydrogen-bond acceptors (Lipinski definition) is 5. The molecule has 0 saturated heterocycles. The molecule has 2 aromatic rings. The third-order valence-electron chi connectivity index (χ3n) is 2.53. The van der Waals surface area contributed by atoms with E-state index in [1.165, 1.54) is 12.4 Å². The quantitative estimate of drug-likeness (QED) is 0.878. The highest BCUT2D eigenvalue weighted by Gasteiger charge is 2.16. The molecule has 0 atom stereocenters. The van der Waals surface area contributed by atoms with E-state index >= 15 is 0 Å². The van der Waals surface area contributed by atoms with Gasteiger partial charge in [0.25, 0.3) is 0 Å². The molecule has 0 spiro atoms. The zero-order valence-electron chi connectivity index (χ0n) is 11.6. The maximum atomic E-state index is 13.5. The second-order valence-electron chi connectivity index (χ2n) is 4.28. The molecule has 22 heavy (non-hydrogen) atoms. The van der Waals surface area contributed by atoms with Gasteiger partial charge in [-0.05, 0) is 25.1 Å². The second-order valence-corrected chi connectivity index (χ2v) is 6.01. The lowest BCUT2D eigenvalue weighted by molar-refractivity contribution is 0.312. The van der Waals surface area contributed by atoms with Crippen molar-refractivity contribution in [2.24, 2.45) is 0 Å². The SMILES string of the molecule is CCOc1ncc(NS(=O)(=O)Cc2cc(F)ccc2F)cn1. The van der Waals surface area contributed by atoms with Crippen LogP contribution in [0.2, 0.25) is 0 Å². The van der Waals surface area contributed by atoms with Crippen LogP contribution in [0.4, 0.5) is 14.5 Å². The number of nitrogens with zero attached hydrogens (tertiary/aromatic N) is 2. The first-order valence-electron chi connectivity index (χ1n) is 6.29. The first-order chi connectivity index (χ1) is 10.4. The molecule has 6 nitrogen and oxygen atoms in total. The molecule has 1 heterocycles. The lowest BCUT2D eigenvalue weighted by Gasteiger charge is -2.09. The molecule has 0 fully saturated rings. The van der Waals surface area contributed by atoms with Crippen LogP contribution in [-0.4, -0.2) is 25.0 Å².